The molecule has 0 spiro atoms. The number of sulfonamides is 1. The van der Waals surface area contributed by atoms with Gasteiger partial charge in [0.2, 0.25) is 0 Å². The van der Waals surface area contributed by atoms with Crippen molar-refractivity contribution in [2.24, 2.45) is 5.92 Å². The second-order valence-electron chi connectivity index (χ2n) is 10.0. The van der Waals surface area contributed by atoms with Crippen molar-refractivity contribution in [1.82, 2.24) is 14.9 Å². The topological polar surface area (TPSA) is 113 Å². The third-order valence-electron chi connectivity index (χ3n) is 5.88. The van der Waals surface area contributed by atoms with Gasteiger partial charge < -0.3 is 5.32 Å². The van der Waals surface area contributed by atoms with Crippen LogP contribution in [0, 0.1) is 17.8 Å². The summed E-state index contributed by atoms with van der Waals surface area (Å²) in [6.07, 6.45) is 0.476. The van der Waals surface area contributed by atoms with Crippen LogP contribution < -0.4 is 10.0 Å². The predicted octanol–water partition coefficient (Wildman–Crippen LogP) is 5.67. The van der Waals surface area contributed by atoms with E-state index in [1.165, 1.54) is 23.9 Å². The molecular weight excluding hydrogens is 650 g/mol. The summed E-state index contributed by atoms with van der Waals surface area (Å²) in [5.41, 5.74) is 1.69. The Morgan fingerprint density at radius 1 is 0.907 bits per heavy atom. The highest BCUT2D eigenvalue weighted by Gasteiger charge is 2.30. The second-order valence-corrected chi connectivity index (χ2v) is 13.7. The third-order valence-corrected chi connectivity index (χ3v) is 9.24. The van der Waals surface area contributed by atoms with Gasteiger partial charge >= 0.3 is 6.03 Å². The lowest BCUT2D eigenvalue weighted by Crippen LogP contribution is -2.54. The molecule has 0 aliphatic heterocycles. The minimum atomic E-state index is -4.19. The Bertz CT molecular complexity index is 1580. The zero-order valence-electron chi connectivity index (χ0n) is 24.2. The van der Waals surface area contributed by atoms with Crippen LogP contribution in [0.5, 0.6) is 0 Å². The smallest absolute Gasteiger partial charge is 0.325 e. The second kappa shape index (κ2) is 16.3. The zero-order valence-corrected chi connectivity index (χ0v) is 27.4. The first kappa shape index (κ1) is 33.9. The molecule has 43 heavy (non-hydrogen) atoms. The first-order valence-corrected chi connectivity index (χ1v) is 17.1. The molecule has 11 heteroatoms. The van der Waals surface area contributed by atoms with E-state index in [-0.39, 0.29) is 22.8 Å². The lowest BCUT2D eigenvalue weighted by Gasteiger charge is -2.25. The summed E-state index contributed by atoms with van der Waals surface area (Å²) in [4.78, 5) is 41.1. The Kier molecular flexibility index (Phi) is 12.9. The van der Waals surface area contributed by atoms with Crippen LogP contribution in [0.2, 0.25) is 0 Å². The molecule has 0 aliphatic carbocycles. The highest BCUT2D eigenvalue weighted by atomic mass is 79.9. The fraction of sp³-hybridized carbons (Fsp3) is 0.281. The molecule has 0 bridgehead atoms. The number of thioether (sulfide) groups is 1. The van der Waals surface area contributed by atoms with E-state index < -0.39 is 33.9 Å². The molecule has 1 unspecified atom stereocenters. The van der Waals surface area contributed by atoms with E-state index in [1.54, 1.807) is 36.4 Å². The average Bonchev–Trinajstić information content (AvgIpc) is 2.98. The standard InChI is InChI=1S/C32H34BrN3O5S2/c1-4-19-36(31(38)26-12-8-11-25(20-26)14-13-24-9-6-5-7-10-24)32(39)34-29(22-42-21-23(2)3)30(37)35-43(40,41)28-17-15-27(33)16-18-28/h5-12,15-18,20,23,29H,4,19,21-22H2,1-3H3,(H,34,39)(H,35,37). The van der Waals surface area contributed by atoms with E-state index >= 15 is 0 Å². The molecule has 0 aromatic heterocycles. The van der Waals surface area contributed by atoms with Crippen molar-refractivity contribution in [3.05, 3.63) is 100 Å². The molecule has 4 amide bonds. The molecule has 226 valence electrons. The van der Waals surface area contributed by atoms with Gasteiger partial charge in [0, 0.05) is 33.5 Å². The summed E-state index contributed by atoms with van der Waals surface area (Å²) >= 11 is 4.66. The molecule has 8 nitrogen and oxygen atoms in total. The van der Waals surface area contributed by atoms with Gasteiger partial charge in [0.05, 0.1) is 4.90 Å². The number of amides is 4. The van der Waals surface area contributed by atoms with E-state index in [2.05, 4.69) is 37.8 Å². The first-order valence-electron chi connectivity index (χ1n) is 13.7. The molecule has 3 rings (SSSR count). The molecule has 0 heterocycles. The first-order chi connectivity index (χ1) is 20.5. The minimum Gasteiger partial charge on any atom is -0.325 e. The number of hydrogen-bond donors (Lipinski definition) is 2. The van der Waals surface area contributed by atoms with Gasteiger partial charge in [-0.1, -0.05) is 72.8 Å². The summed E-state index contributed by atoms with van der Waals surface area (Å²) in [6, 6.07) is 19.9. The van der Waals surface area contributed by atoms with Crippen LogP contribution in [0.4, 0.5) is 4.79 Å². The molecule has 3 aromatic rings. The maximum atomic E-state index is 13.5. The summed E-state index contributed by atoms with van der Waals surface area (Å²) in [5.74, 6) is 5.75. The van der Waals surface area contributed by atoms with Gasteiger partial charge in [-0.25, -0.2) is 17.9 Å². The van der Waals surface area contributed by atoms with Crippen molar-refractivity contribution in [1.29, 1.82) is 0 Å². The van der Waals surface area contributed by atoms with Crippen molar-refractivity contribution in [3.63, 3.8) is 0 Å². The largest absolute Gasteiger partial charge is 0.325 e. The molecule has 0 fully saturated rings. The number of carbonyl (C=O) groups excluding carboxylic acids is 3. The van der Waals surface area contributed by atoms with Crippen molar-refractivity contribution < 1.29 is 22.8 Å². The number of nitrogens with zero attached hydrogens (tertiary/aromatic N) is 1. The van der Waals surface area contributed by atoms with Crippen molar-refractivity contribution in [3.8, 4) is 11.8 Å². The van der Waals surface area contributed by atoms with E-state index in [0.717, 1.165) is 10.5 Å². The lowest BCUT2D eigenvalue weighted by atomic mass is 10.1. The SMILES string of the molecule is CCCN(C(=O)NC(CSCC(C)C)C(=O)NS(=O)(=O)c1ccc(Br)cc1)C(=O)c1cccc(C#Cc2ccccc2)c1. The van der Waals surface area contributed by atoms with Crippen molar-refractivity contribution in [2.75, 3.05) is 18.1 Å². The number of rotatable bonds is 11. The number of benzene rings is 3. The maximum absolute atomic E-state index is 13.5. The third kappa shape index (κ3) is 10.6. The number of nitrogens with one attached hydrogen (secondary N) is 2. The molecule has 0 aliphatic rings. The Hall–Kier alpha value is -3.59. The molecular formula is C32H34BrN3O5S2. The summed E-state index contributed by atoms with van der Waals surface area (Å²) < 4.78 is 28.5. The van der Waals surface area contributed by atoms with Crippen molar-refractivity contribution in [2.45, 2.75) is 38.1 Å². The average molecular weight is 685 g/mol. The van der Waals surface area contributed by atoms with Crippen LogP contribution in [0.1, 0.15) is 48.7 Å². The van der Waals surface area contributed by atoms with Gasteiger partial charge in [-0.15, -0.1) is 0 Å². The van der Waals surface area contributed by atoms with Crippen molar-refractivity contribution >= 4 is 55.6 Å². The molecule has 3 aromatic carbocycles. The van der Waals surface area contributed by atoms with Gasteiger partial charge in [0.15, 0.2) is 0 Å². The Morgan fingerprint density at radius 2 is 1.56 bits per heavy atom. The van der Waals surface area contributed by atoms with Crippen LogP contribution >= 0.6 is 27.7 Å². The van der Waals surface area contributed by atoms with Gasteiger partial charge in [0.25, 0.3) is 21.8 Å². The van der Waals surface area contributed by atoms with Crippen LogP contribution in [-0.2, 0) is 14.8 Å². The van der Waals surface area contributed by atoms with E-state index in [0.29, 0.717) is 28.1 Å². The normalized spacial score (nSPS) is 11.7. The number of imide groups is 1. The lowest BCUT2D eigenvalue weighted by molar-refractivity contribution is -0.120. The molecule has 0 saturated carbocycles. The van der Waals surface area contributed by atoms with Crippen LogP contribution in [0.25, 0.3) is 0 Å². The summed E-state index contributed by atoms with van der Waals surface area (Å²) in [5, 5.41) is 2.60. The molecule has 0 saturated heterocycles. The number of hydrogen-bond acceptors (Lipinski definition) is 6. The molecule has 2 N–H and O–H groups in total. The molecule has 0 radical (unpaired) electrons. The van der Waals surface area contributed by atoms with E-state index in [4.69, 9.17) is 0 Å². The molecule has 1 atom stereocenters. The summed E-state index contributed by atoms with van der Waals surface area (Å²) in [6.45, 7) is 5.94. The summed E-state index contributed by atoms with van der Waals surface area (Å²) in [7, 11) is -4.19. The monoisotopic (exact) mass is 683 g/mol. The Morgan fingerprint density at radius 3 is 2.21 bits per heavy atom. The van der Waals surface area contributed by atoms with E-state index in [1.807, 2.05) is 51.1 Å². The van der Waals surface area contributed by atoms with Gasteiger partial charge in [-0.2, -0.15) is 11.8 Å². The number of halogens is 1. The highest BCUT2D eigenvalue weighted by molar-refractivity contribution is 9.10. The zero-order chi connectivity index (χ0) is 31.4. The van der Waals surface area contributed by atoms with Crippen LogP contribution in [0.3, 0.4) is 0 Å². The number of carbonyl (C=O) groups is 3. The van der Waals surface area contributed by atoms with E-state index in [9.17, 15) is 22.8 Å². The van der Waals surface area contributed by atoms with Gasteiger partial charge in [-0.3, -0.25) is 14.5 Å². The Balaban J connectivity index is 1.80. The van der Waals surface area contributed by atoms with Crippen LogP contribution in [-0.4, -0.2) is 55.3 Å². The van der Waals surface area contributed by atoms with Crippen LogP contribution in [0.15, 0.2) is 88.2 Å². The fourth-order valence-electron chi connectivity index (χ4n) is 3.78. The number of urea groups is 1. The Labute approximate surface area is 266 Å². The van der Waals surface area contributed by atoms with Gasteiger partial charge in [0.1, 0.15) is 6.04 Å². The minimum absolute atomic E-state index is 0.0925. The highest BCUT2D eigenvalue weighted by Crippen LogP contribution is 2.16. The predicted molar refractivity (Wildman–Crippen MR) is 174 cm³/mol. The fourth-order valence-corrected chi connectivity index (χ4v) is 6.14. The maximum Gasteiger partial charge on any atom is 0.325 e. The van der Waals surface area contributed by atoms with Gasteiger partial charge in [-0.05, 0) is 72.7 Å². The quantitative estimate of drug-likeness (QED) is 0.252.